The highest BCUT2D eigenvalue weighted by Crippen LogP contribution is 2.13. The zero-order valence-corrected chi connectivity index (χ0v) is 12.6. The van der Waals surface area contributed by atoms with E-state index in [0.29, 0.717) is 17.9 Å². The van der Waals surface area contributed by atoms with Crippen molar-refractivity contribution in [2.75, 3.05) is 34.3 Å². The molecule has 6 nitrogen and oxygen atoms in total. The molecular weight excluding hydrogens is 272 g/mol. The van der Waals surface area contributed by atoms with Gasteiger partial charge in [0, 0.05) is 18.7 Å². The zero-order valence-electron chi connectivity index (χ0n) is 12.6. The second kappa shape index (κ2) is 8.39. The largest absolute Gasteiger partial charge is 0.497 e. The average molecular weight is 294 g/mol. The van der Waals surface area contributed by atoms with E-state index < -0.39 is 12.0 Å². The van der Waals surface area contributed by atoms with Crippen molar-refractivity contribution in [3.8, 4) is 5.75 Å². The maximum atomic E-state index is 12.4. The summed E-state index contributed by atoms with van der Waals surface area (Å²) in [7, 11) is 5.38. The van der Waals surface area contributed by atoms with Crippen LogP contribution in [-0.2, 0) is 4.79 Å². The fourth-order valence-electron chi connectivity index (χ4n) is 1.85. The lowest BCUT2D eigenvalue weighted by molar-refractivity contribution is -0.137. The van der Waals surface area contributed by atoms with Gasteiger partial charge in [-0.1, -0.05) is 0 Å². The molecule has 0 spiro atoms. The summed E-state index contributed by atoms with van der Waals surface area (Å²) in [4.78, 5) is 25.3. The average Bonchev–Trinajstić information content (AvgIpc) is 2.45. The van der Waals surface area contributed by atoms with Crippen LogP contribution in [0.25, 0.3) is 0 Å². The standard InChI is InChI=1S/C15H22N2O4/c1-17(2)9-8-16-13(10-14(18)19)15(20)11-4-6-12(21-3)7-5-11/h4-7,13,16H,8-10H2,1-3H3,(H,18,19). The zero-order chi connectivity index (χ0) is 15.8. The molecule has 1 aromatic rings. The van der Waals surface area contributed by atoms with Crippen molar-refractivity contribution in [3.63, 3.8) is 0 Å². The fraction of sp³-hybridized carbons (Fsp3) is 0.467. The van der Waals surface area contributed by atoms with Crippen LogP contribution in [0.1, 0.15) is 16.8 Å². The van der Waals surface area contributed by atoms with Crippen LogP contribution in [0.2, 0.25) is 0 Å². The SMILES string of the molecule is COc1ccc(C(=O)C(CC(=O)O)NCCN(C)C)cc1. The maximum absolute atomic E-state index is 12.4. The molecule has 1 aromatic carbocycles. The van der Waals surface area contributed by atoms with Crippen molar-refractivity contribution in [1.29, 1.82) is 0 Å². The van der Waals surface area contributed by atoms with Crippen LogP contribution >= 0.6 is 0 Å². The van der Waals surface area contributed by atoms with E-state index in [2.05, 4.69) is 5.32 Å². The molecule has 0 saturated carbocycles. The predicted octanol–water partition coefficient (Wildman–Crippen LogP) is 0.872. The molecule has 1 atom stereocenters. The van der Waals surface area contributed by atoms with Crippen molar-refractivity contribution >= 4 is 11.8 Å². The van der Waals surface area contributed by atoms with Gasteiger partial charge in [0.05, 0.1) is 19.6 Å². The summed E-state index contributed by atoms with van der Waals surface area (Å²) in [5.74, 6) is -0.570. The number of hydrogen-bond acceptors (Lipinski definition) is 5. The first-order valence-corrected chi connectivity index (χ1v) is 6.72. The Labute approximate surface area is 124 Å². The summed E-state index contributed by atoms with van der Waals surface area (Å²) in [6, 6.07) is 5.93. The van der Waals surface area contributed by atoms with Gasteiger partial charge in [-0.15, -0.1) is 0 Å². The van der Waals surface area contributed by atoms with E-state index >= 15 is 0 Å². The van der Waals surface area contributed by atoms with E-state index in [1.807, 2.05) is 19.0 Å². The van der Waals surface area contributed by atoms with Crippen LogP contribution in [0.15, 0.2) is 24.3 Å². The Balaban J connectivity index is 2.75. The Morgan fingerprint density at radius 2 is 1.90 bits per heavy atom. The van der Waals surface area contributed by atoms with Crippen molar-refractivity contribution in [2.24, 2.45) is 0 Å². The molecule has 6 heteroatoms. The van der Waals surface area contributed by atoms with E-state index in [-0.39, 0.29) is 12.2 Å². The second-order valence-corrected chi connectivity index (χ2v) is 5.00. The number of rotatable bonds is 9. The Morgan fingerprint density at radius 1 is 1.29 bits per heavy atom. The maximum Gasteiger partial charge on any atom is 0.305 e. The molecule has 0 bridgehead atoms. The van der Waals surface area contributed by atoms with Gasteiger partial charge in [0.1, 0.15) is 5.75 Å². The number of ketones is 1. The second-order valence-electron chi connectivity index (χ2n) is 5.00. The van der Waals surface area contributed by atoms with Crippen LogP contribution in [0.4, 0.5) is 0 Å². The molecule has 1 rings (SSSR count). The highest BCUT2D eigenvalue weighted by molar-refractivity contribution is 6.01. The molecule has 0 aliphatic rings. The molecule has 21 heavy (non-hydrogen) atoms. The number of carbonyl (C=O) groups excluding carboxylic acids is 1. The van der Waals surface area contributed by atoms with Gasteiger partial charge in [-0.25, -0.2) is 0 Å². The number of methoxy groups -OCH3 is 1. The molecule has 116 valence electrons. The molecule has 0 aliphatic heterocycles. The highest BCUT2D eigenvalue weighted by Gasteiger charge is 2.22. The molecule has 0 saturated heterocycles. The summed E-state index contributed by atoms with van der Waals surface area (Å²) in [6.07, 6.45) is -0.238. The minimum absolute atomic E-state index is 0.223. The number of likely N-dealkylation sites (N-methyl/N-ethyl adjacent to an activating group) is 1. The van der Waals surface area contributed by atoms with E-state index in [9.17, 15) is 9.59 Å². The Kier molecular flexibility index (Phi) is 6.84. The minimum atomic E-state index is -1.00. The van der Waals surface area contributed by atoms with Crippen LogP contribution in [0.3, 0.4) is 0 Å². The fourth-order valence-corrected chi connectivity index (χ4v) is 1.85. The van der Waals surface area contributed by atoms with Gasteiger partial charge in [0.15, 0.2) is 5.78 Å². The number of carboxylic acids is 1. The van der Waals surface area contributed by atoms with Gasteiger partial charge in [-0.2, -0.15) is 0 Å². The number of nitrogens with one attached hydrogen (secondary N) is 1. The number of nitrogens with zero attached hydrogens (tertiary/aromatic N) is 1. The van der Waals surface area contributed by atoms with Crippen molar-refractivity contribution in [2.45, 2.75) is 12.5 Å². The van der Waals surface area contributed by atoms with Crippen molar-refractivity contribution in [3.05, 3.63) is 29.8 Å². The van der Waals surface area contributed by atoms with Crippen LogP contribution in [-0.4, -0.2) is 62.1 Å². The first-order chi connectivity index (χ1) is 9.93. The van der Waals surface area contributed by atoms with E-state index in [1.165, 1.54) is 0 Å². The Morgan fingerprint density at radius 3 is 2.38 bits per heavy atom. The molecule has 0 amide bonds. The lowest BCUT2D eigenvalue weighted by atomic mass is 10.0. The summed E-state index contributed by atoms with van der Waals surface area (Å²) >= 11 is 0. The number of aliphatic carboxylic acids is 1. The molecule has 1 unspecified atom stereocenters. The number of ether oxygens (including phenoxy) is 1. The number of hydrogen-bond donors (Lipinski definition) is 2. The molecule has 0 fully saturated rings. The van der Waals surface area contributed by atoms with Crippen LogP contribution in [0, 0.1) is 0 Å². The Hall–Kier alpha value is -1.92. The van der Waals surface area contributed by atoms with Gasteiger partial charge in [-0.3, -0.25) is 9.59 Å². The number of carboxylic acid groups (broad SMARTS) is 1. The summed E-state index contributed by atoms with van der Waals surface area (Å²) in [5, 5.41) is 12.0. The number of Topliss-reactive ketones (excluding diaryl/α,β-unsaturated/α-hetero) is 1. The first kappa shape index (κ1) is 17.1. The molecular formula is C15H22N2O4. The lowest BCUT2D eigenvalue weighted by Crippen LogP contribution is -2.41. The normalized spacial score (nSPS) is 12.2. The summed E-state index contributed by atoms with van der Waals surface area (Å²) in [5.41, 5.74) is 0.472. The number of carbonyl (C=O) groups is 2. The van der Waals surface area contributed by atoms with Crippen molar-refractivity contribution < 1.29 is 19.4 Å². The molecule has 2 N–H and O–H groups in total. The minimum Gasteiger partial charge on any atom is -0.497 e. The molecule has 0 aromatic heterocycles. The van der Waals surface area contributed by atoms with E-state index in [4.69, 9.17) is 9.84 Å². The van der Waals surface area contributed by atoms with Gasteiger partial charge < -0.3 is 20.1 Å². The predicted molar refractivity (Wildman–Crippen MR) is 79.9 cm³/mol. The third kappa shape index (κ3) is 5.93. The quantitative estimate of drug-likeness (QED) is 0.658. The highest BCUT2D eigenvalue weighted by atomic mass is 16.5. The molecule has 0 aliphatic carbocycles. The molecule has 0 radical (unpaired) electrons. The Bertz CT molecular complexity index is 471. The summed E-state index contributed by atoms with van der Waals surface area (Å²) < 4.78 is 5.04. The van der Waals surface area contributed by atoms with Crippen molar-refractivity contribution in [1.82, 2.24) is 10.2 Å². The van der Waals surface area contributed by atoms with E-state index in [1.54, 1.807) is 31.4 Å². The third-order valence-corrected chi connectivity index (χ3v) is 3.02. The van der Waals surface area contributed by atoms with Gasteiger partial charge in [0.25, 0.3) is 0 Å². The monoisotopic (exact) mass is 294 g/mol. The lowest BCUT2D eigenvalue weighted by Gasteiger charge is -2.18. The molecule has 0 heterocycles. The topological polar surface area (TPSA) is 78.9 Å². The third-order valence-electron chi connectivity index (χ3n) is 3.02. The van der Waals surface area contributed by atoms with E-state index in [0.717, 1.165) is 6.54 Å². The first-order valence-electron chi connectivity index (χ1n) is 6.72. The smallest absolute Gasteiger partial charge is 0.305 e. The van der Waals surface area contributed by atoms with Crippen LogP contribution < -0.4 is 10.1 Å². The van der Waals surface area contributed by atoms with Crippen LogP contribution in [0.5, 0.6) is 5.75 Å². The van der Waals surface area contributed by atoms with Gasteiger partial charge in [-0.05, 0) is 38.4 Å². The van der Waals surface area contributed by atoms with Gasteiger partial charge in [0.2, 0.25) is 0 Å². The summed E-state index contributed by atoms with van der Waals surface area (Å²) in [6.45, 7) is 1.28. The van der Waals surface area contributed by atoms with Gasteiger partial charge >= 0.3 is 5.97 Å². The number of benzene rings is 1.